The maximum Gasteiger partial charge on any atom is 0.187 e. The molecule has 20 heavy (non-hydrogen) atoms. The Hall–Kier alpha value is -1.95. The Labute approximate surface area is 116 Å². The van der Waals surface area contributed by atoms with Gasteiger partial charge in [0, 0.05) is 19.4 Å². The highest BCUT2D eigenvalue weighted by atomic mass is 19.1. The van der Waals surface area contributed by atoms with Crippen molar-refractivity contribution in [3.8, 4) is 5.75 Å². The summed E-state index contributed by atoms with van der Waals surface area (Å²) in [6, 6.07) is 5.27. The smallest absolute Gasteiger partial charge is 0.187 e. The molecule has 0 aromatic heterocycles. The number of hydrogen-bond acceptors (Lipinski definition) is 5. The van der Waals surface area contributed by atoms with Crippen molar-refractivity contribution in [2.45, 2.75) is 18.9 Å². The summed E-state index contributed by atoms with van der Waals surface area (Å²) in [5.74, 6) is 0.0808. The standard InChI is InChI=1S/C14H17FN2O3/c1-19-17-11-6-7-16-13(8-11)14(18)9-20-12-4-2-10(15)3-5-12/h2-5,13,16H,6-9H2,1H3. The van der Waals surface area contributed by atoms with Gasteiger partial charge in [-0.2, -0.15) is 0 Å². The van der Waals surface area contributed by atoms with Gasteiger partial charge in [-0.25, -0.2) is 4.39 Å². The topological polar surface area (TPSA) is 59.9 Å². The quantitative estimate of drug-likeness (QED) is 0.831. The van der Waals surface area contributed by atoms with E-state index in [9.17, 15) is 9.18 Å². The molecular weight excluding hydrogens is 263 g/mol. The van der Waals surface area contributed by atoms with Gasteiger partial charge < -0.3 is 14.9 Å². The molecule has 6 heteroatoms. The van der Waals surface area contributed by atoms with E-state index in [-0.39, 0.29) is 24.2 Å². The van der Waals surface area contributed by atoms with Crippen molar-refractivity contribution in [3.63, 3.8) is 0 Å². The third-order valence-corrected chi connectivity index (χ3v) is 3.05. The maximum absolute atomic E-state index is 12.7. The number of carbonyl (C=O) groups is 1. The average molecular weight is 280 g/mol. The Morgan fingerprint density at radius 3 is 2.90 bits per heavy atom. The Balaban J connectivity index is 1.85. The van der Waals surface area contributed by atoms with Crippen LogP contribution in [0.5, 0.6) is 5.75 Å². The summed E-state index contributed by atoms with van der Waals surface area (Å²) < 4.78 is 18.1. The lowest BCUT2D eigenvalue weighted by Crippen LogP contribution is -2.45. The summed E-state index contributed by atoms with van der Waals surface area (Å²) >= 11 is 0. The molecule has 1 aromatic rings. The van der Waals surface area contributed by atoms with Gasteiger partial charge in [0.2, 0.25) is 0 Å². The van der Waals surface area contributed by atoms with Crippen molar-refractivity contribution in [2.24, 2.45) is 5.16 Å². The molecule has 1 aromatic carbocycles. The van der Waals surface area contributed by atoms with Crippen molar-refractivity contribution >= 4 is 11.5 Å². The summed E-state index contributed by atoms with van der Waals surface area (Å²) in [4.78, 5) is 16.8. The van der Waals surface area contributed by atoms with Gasteiger partial charge in [0.05, 0.1) is 11.8 Å². The molecule has 0 saturated carbocycles. The first-order chi connectivity index (χ1) is 9.69. The van der Waals surface area contributed by atoms with Crippen LogP contribution in [-0.2, 0) is 9.63 Å². The first-order valence-corrected chi connectivity index (χ1v) is 6.42. The van der Waals surface area contributed by atoms with Gasteiger partial charge in [0.1, 0.15) is 25.3 Å². The Bertz CT molecular complexity index is 488. The lowest BCUT2D eigenvalue weighted by Gasteiger charge is -2.23. The number of piperidine rings is 1. The number of halogens is 1. The zero-order chi connectivity index (χ0) is 14.4. The number of ketones is 1. The van der Waals surface area contributed by atoms with Crippen LogP contribution in [-0.4, -0.2) is 37.8 Å². The fourth-order valence-electron chi connectivity index (χ4n) is 2.03. The normalized spacial score (nSPS) is 20.7. The second kappa shape index (κ2) is 7.00. The molecule has 1 heterocycles. The Morgan fingerprint density at radius 1 is 1.45 bits per heavy atom. The van der Waals surface area contributed by atoms with Crippen LogP contribution in [0.2, 0.25) is 0 Å². The molecule has 1 saturated heterocycles. The van der Waals surface area contributed by atoms with Crippen molar-refractivity contribution in [1.29, 1.82) is 0 Å². The molecule has 1 atom stereocenters. The van der Waals surface area contributed by atoms with E-state index in [0.29, 0.717) is 18.7 Å². The van der Waals surface area contributed by atoms with Crippen LogP contribution >= 0.6 is 0 Å². The fourth-order valence-corrected chi connectivity index (χ4v) is 2.03. The highest BCUT2D eigenvalue weighted by molar-refractivity contribution is 5.94. The Kier molecular flexibility index (Phi) is 5.06. The first kappa shape index (κ1) is 14.5. The molecule has 0 amide bonds. The summed E-state index contributed by atoms with van der Waals surface area (Å²) in [5.41, 5.74) is 0.867. The van der Waals surface area contributed by atoms with Crippen LogP contribution in [0.15, 0.2) is 29.4 Å². The molecule has 0 spiro atoms. The van der Waals surface area contributed by atoms with Crippen molar-refractivity contribution < 1.29 is 18.8 Å². The van der Waals surface area contributed by atoms with E-state index >= 15 is 0 Å². The summed E-state index contributed by atoms with van der Waals surface area (Å²) in [6.07, 6.45) is 1.30. The lowest BCUT2D eigenvalue weighted by atomic mass is 10.00. The molecule has 0 aliphatic carbocycles. The molecule has 1 aliphatic heterocycles. The van der Waals surface area contributed by atoms with E-state index in [1.165, 1.54) is 31.4 Å². The monoisotopic (exact) mass is 280 g/mol. The fraction of sp³-hybridized carbons (Fsp3) is 0.429. The van der Waals surface area contributed by atoms with E-state index in [1.807, 2.05) is 0 Å². The summed E-state index contributed by atoms with van der Waals surface area (Å²) in [6.45, 7) is 0.638. The molecule has 1 fully saturated rings. The van der Waals surface area contributed by atoms with Crippen LogP contribution in [0.3, 0.4) is 0 Å². The number of rotatable bonds is 5. The van der Waals surface area contributed by atoms with Gasteiger partial charge in [-0.05, 0) is 24.3 Å². The number of benzene rings is 1. The van der Waals surface area contributed by atoms with Crippen molar-refractivity contribution in [1.82, 2.24) is 5.32 Å². The molecule has 2 rings (SSSR count). The largest absolute Gasteiger partial charge is 0.486 e. The number of carbonyl (C=O) groups excluding carboxylic acids is 1. The van der Waals surface area contributed by atoms with Gasteiger partial charge in [0.15, 0.2) is 5.78 Å². The van der Waals surface area contributed by atoms with E-state index in [1.54, 1.807) is 0 Å². The third kappa shape index (κ3) is 4.03. The number of Topliss-reactive ketones (excluding diaryl/α,β-unsaturated/α-hetero) is 1. The van der Waals surface area contributed by atoms with E-state index in [4.69, 9.17) is 9.57 Å². The van der Waals surface area contributed by atoms with Crippen LogP contribution in [0.4, 0.5) is 4.39 Å². The SMILES string of the molecule is CON=C1CCNC(C(=O)COc2ccc(F)cc2)C1. The minimum Gasteiger partial charge on any atom is -0.486 e. The number of ether oxygens (including phenoxy) is 1. The molecule has 0 bridgehead atoms. The van der Waals surface area contributed by atoms with Crippen molar-refractivity contribution in [2.75, 3.05) is 20.3 Å². The molecule has 1 unspecified atom stereocenters. The van der Waals surface area contributed by atoms with Crippen LogP contribution in [0, 0.1) is 5.82 Å². The molecular formula is C14H17FN2O3. The minimum atomic E-state index is -0.335. The minimum absolute atomic E-state index is 0.0520. The first-order valence-electron chi connectivity index (χ1n) is 6.42. The van der Waals surface area contributed by atoms with Crippen LogP contribution in [0.25, 0.3) is 0 Å². The van der Waals surface area contributed by atoms with E-state index in [2.05, 4.69) is 10.5 Å². The highest BCUT2D eigenvalue weighted by Gasteiger charge is 2.24. The molecule has 108 valence electrons. The second-order valence-electron chi connectivity index (χ2n) is 4.51. The molecule has 1 aliphatic rings. The van der Waals surface area contributed by atoms with Gasteiger partial charge >= 0.3 is 0 Å². The van der Waals surface area contributed by atoms with Gasteiger partial charge in [-0.15, -0.1) is 0 Å². The summed E-state index contributed by atoms with van der Waals surface area (Å²) in [7, 11) is 1.49. The average Bonchev–Trinajstić information content (AvgIpc) is 2.47. The predicted molar refractivity (Wildman–Crippen MR) is 72.4 cm³/mol. The number of nitrogens with one attached hydrogen (secondary N) is 1. The molecule has 0 radical (unpaired) electrons. The van der Waals surface area contributed by atoms with E-state index in [0.717, 1.165) is 12.1 Å². The van der Waals surface area contributed by atoms with Gasteiger partial charge in [0.25, 0.3) is 0 Å². The van der Waals surface area contributed by atoms with Gasteiger partial charge in [-0.1, -0.05) is 5.16 Å². The maximum atomic E-state index is 12.7. The van der Waals surface area contributed by atoms with Crippen molar-refractivity contribution in [3.05, 3.63) is 30.1 Å². The van der Waals surface area contributed by atoms with Crippen LogP contribution in [0.1, 0.15) is 12.8 Å². The predicted octanol–water partition coefficient (Wildman–Crippen LogP) is 1.53. The zero-order valence-corrected chi connectivity index (χ0v) is 11.3. The third-order valence-electron chi connectivity index (χ3n) is 3.05. The second-order valence-corrected chi connectivity index (χ2v) is 4.51. The highest BCUT2D eigenvalue weighted by Crippen LogP contribution is 2.12. The Morgan fingerprint density at radius 2 is 2.20 bits per heavy atom. The zero-order valence-electron chi connectivity index (χ0n) is 11.3. The van der Waals surface area contributed by atoms with Gasteiger partial charge in [-0.3, -0.25) is 4.79 Å². The molecule has 1 N–H and O–H groups in total. The number of hydrogen-bond donors (Lipinski definition) is 1. The van der Waals surface area contributed by atoms with E-state index < -0.39 is 0 Å². The van der Waals surface area contributed by atoms with Crippen LogP contribution < -0.4 is 10.1 Å². The number of oxime groups is 1. The molecule has 5 nitrogen and oxygen atoms in total. The number of nitrogens with zero attached hydrogens (tertiary/aromatic N) is 1. The summed E-state index contributed by atoms with van der Waals surface area (Å²) in [5, 5.41) is 7.01. The lowest BCUT2D eigenvalue weighted by molar-refractivity contribution is -0.123.